The predicted octanol–water partition coefficient (Wildman–Crippen LogP) is 4.22. The summed E-state index contributed by atoms with van der Waals surface area (Å²) in [5.41, 5.74) is 2.32. The highest BCUT2D eigenvalue weighted by Gasteiger charge is 2.59. The molecule has 4 nitrogen and oxygen atoms in total. The zero-order valence-electron chi connectivity index (χ0n) is 17.6. The van der Waals surface area contributed by atoms with Gasteiger partial charge in [0.05, 0.1) is 12.2 Å². The SMILES string of the molecule is CC(CC(=O)N1C2CC3CC1[C@H](C)C(O)(C3)C2)C1COc2cccc(C3CC3)c21. The third kappa shape index (κ3) is 2.71. The molecule has 3 heterocycles. The van der Waals surface area contributed by atoms with Crippen LogP contribution in [0.3, 0.4) is 0 Å². The largest absolute Gasteiger partial charge is 0.493 e. The van der Waals surface area contributed by atoms with Gasteiger partial charge in [-0.15, -0.1) is 0 Å². The van der Waals surface area contributed by atoms with Crippen LogP contribution < -0.4 is 4.74 Å². The molecule has 4 bridgehead atoms. The Hall–Kier alpha value is -1.55. The highest BCUT2D eigenvalue weighted by Crippen LogP contribution is 2.55. The lowest BCUT2D eigenvalue weighted by molar-refractivity contribution is -0.199. The highest BCUT2D eigenvalue weighted by molar-refractivity contribution is 5.78. The first-order chi connectivity index (χ1) is 13.9. The molecule has 2 saturated heterocycles. The van der Waals surface area contributed by atoms with Crippen LogP contribution in [0, 0.1) is 17.8 Å². The van der Waals surface area contributed by atoms with Gasteiger partial charge in [0, 0.05) is 35.9 Å². The number of aliphatic hydroxyl groups is 1. The van der Waals surface area contributed by atoms with Crippen molar-refractivity contribution in [3.8, 4) is 5.75 Å². The smallest absolute Gasteiger partial charge is 0.223 e. The maximum Gasteiger partial charge on any atom is 0.223 e. The van der Waals surface area contributed by atoms with E-state index < -0.39 is 5.60 Å². The van der Waals surface area contributed by atoms with E-state index >= 15 is 0 Å². The first-order valence-corrected chi connectivity index (χ1v) is 11.7. The number of piperidine rings is 2. The second-order valence-corrected chi connectivity index (χ2v) is 10.8. The van der Waals surface area contributed by atoms with Crippen molar-refractivity contribution in [2.45, 2.75) is 88.3 Å². The van der Waals surface area contributed by atoms with E-state index in [1.54, 1.807) is 0 Å². The minimum Gasteiger partial charge on any atom is -0.493 e. The number of hydrogen-bond acceptors (Lipinski definition) is 3. The maximum absolute atomic E-state index is 13.5. The fourth-order valence-corrected chi connectivity index (χ4v) is 7.29. The van der Waals surface area contributed by atoms with Gasteiger partial charge in [-0.3, -0.25) is 4.79 Å². The second-order valence-electron chi connectivity index (χ2n) is 10.8. The molecule has 1 aromatic rings. The van der Waals surface area contributed by atoms with Crippen LogP contribution in [0.25, 0.3) is 0 Å². The van der Waals surface area contributed by atoms with Crippen molar-refractivity contribution in [3.05, 3.63) is 29.3 Å². The summed E-state index contributed by atoms with van der Waals surface area (Å²) >= 11 is 0. The molecule has 1 amide bonds. The number of hydrogen-bond donors (Lipinski definition) is 1. The van der Waals surface area contributed by atoms with E-state index in [9.17, 15) is 9.90 Å². The summed E-state index contributed by atoms with van der Waals surface area (Å²) in [5.74, 6) is 3.46. The number of carbonyl (C=O) groups is 1. The van der Waals surface area contributed by atoms with Gasteiger partial charge in [0.2, 0.25) is 5.91 Å². The summed E-state index contributed by atoms with van der Waals surface area (Å²) in [5, 5.41) is 11.1. The van der Waals surface area contributed by atoms with Crippen molar-refractivity contribution in [2.24, 2.45) is 17.8 Å². The van der Waals surface area contributed by atoms with Crippen molar-refractivity contribution >= 4 is 5.91 Å². The van der Waals surface area contributed by atoms with E-state index in [4.69, 9.17) is 4.74 Å². The summed E-state index contributed by atoms with van der Waals surface area (Å²) in [6.45, 7) is 5.10. The van der Waals surface area contributed by atoms with Gasteiger partial charge in [0.25, 0.3) is 0 Å². The Morgan fingerprint density at radius 2 is 2.14 bits per heavy atom. The Morgan fingerprint density at radius 1 is 1.31 bits per heavy atom. The monoisotopic (exact) mass is 395 g/mol. The summed E-state index contributed by atoms with van der Waals surface area (Å²) in [6, 6.07) is 6.98. The average molecular weight is 396 g/mol. The van der Waals surface area contributed by atoms with E-state index in [-0.39, 0.29) is 23.9 Å². The Bertz CT molecular complexity index is 848. The van der Waals surface area contributed by atoms with Gasteiger partial charge in [-0.05, 0) is 67.9 Å². The van der Waals surface area contributed by atoms with Crippen LogP contribution in [0.5, 0.6) is 5.75 Å². The van der Waals surface area contributed by atoms with Gasteiger partial charge in [-0.2, -0.15) is 0 Å². The van der Waals surface area contributed by atoms with Crippen molar-refractivity contribution in [1.82, 2.24) is 4.90 Å². The Morgan fingerprint density at radius 3 is 2.93 bits per heavy atom. The molecule has 5 fully saturated rings. The van der Waals surface area contributed by atoms with Crippen LogP contribution >= 0.6 is 0 Å². The van der Waals surface area contributed by atoms with E-state index in [1.165, 1.54) is 24.0 Å². The van der Waals surface area contributed by atoms with Crippen LogP contribution in [0.4, 0.5) is 0 Å². The van der Waals surface area contributed by atoms with Crippen LogP contribution in [0.2, 0.25) is 0 Å². The molecule has 156 valence electrons. The molecule has 4 heteroatoms. The first kappa shape index (κ1) is 18.2. The molecule has 0 radical (unpaired) electrons. The lowest BCUT2D eigenvalue weighted by Gasteiger charge is -2.63. The maximum atomic E-state index is 13.5. The molecule has 29 heavy (non-hydrogen) atoms. The first-order valence-electron chi connectivity index (χ1n) is 11.7. The molecule has 1 aromatic carbocycles. The van der Waals surface area contributed by atoms with Crippen molar-refractivity contribution < 1.29 is 14.6 Å². The molecule has 3 aliphatic carbocycles. The van der Waals surface area contributed by atoms with Crippen molar-refractivity contribution in [3.63, 3.8) is 0 Å². The number of rotatable bonds is 4. The van der Waals surface area contributed by atoms with E-state index in [1.807, 2.05) is 0 Å². The van der Waals surface area contributed by atoms with Gasteiger partial charge in [0.15, 0.2) is 0 Å². The van der Waals surface area contributed by atoms with Gasteiger partial charge >= 0.3 is 0 Å². The Kier molecular flexibility index (Phi) is 3.92. The Labute approximate surface area is 173 Å². The second kappa shape index (κ2) is 6.23. The normalized spacial score (nSPS) is 40.7. The van der Waals surface area contributed by atoms with Crippen molar-refractivity contribution in [2.75, 3.05) is 6.61 Å². The zero-order valence-corrected chi connectivity index (χ0v) is 17.6. The molecule has 7 rings (SSSR count). The topological polar surface area (TPSA) is 49.8 Å². The summed E-state index contributed by atoms with van der Waals surface area (Å²) in [6.07, 6.45) is 7.07. The van der Waals surface area contributed by atoms with Crippen LogP contribution in [0.15, 0.2) is 18.2 Å². The van der Waals surface area contributed by atoms with Gasteiger partial charge < -0.3 is 14.7 Å². The molecule has 3 aliphatic heterocycles. The summed E-state index contributed by atoms with van der Waals surface area (Å²) in [4.78, 5) is 15.7. The molecule has 6 aliphatic rings. The van der Waals surface area contributed by atoms with E-state index in [0.717, 1.165) is 31.4 Å². The number of ether oxygens (including phenoxy) is 1. The van der Waals surface area contributed by atoms with Gasteiger partial charge in [0.1, 0.15) is 5.75 Å². The third-order valence-corrected chi connectivity index (χ3v) is 8.96. The Balaban J connectivity index is 1.21. The lowest BCUT2D eigenvalue weighted by atomic mass is 9.56. The fraction of sp³-hybridized carbons (Fsp3) is 0.720. The molecule has 7 atom stereocenters. The molecule has 6 unspecified atom stereocenters. The number of fused-ring (bicyclic) bond motifs is 1. The number of nitrogens with zero attached hydrogens (tertiary/aromatic N) is 1. The highest BCUT2D eigenvalue weighted by atomic mass is 16.5. The molecule has 0 aromatic heterocycles. The predicted molar refractivity (Wildman–Crippen MR) is 111 cm³/mol. The van der Waals surface area contributed by atoms with Crippen LogP contribution in [-0.2, 0) is 4.79 Å². The standard InChI is InChI=1S/C25H33NO3/c1-14(20-13-29-22-5-3-4-19(24(20)22)17-6-7-17)8-23(27)26-18-9-16-10-21(26)15(2)25(28,11-16)12-18/h3-5,14-18,20-21,28H,6-13H2,1-2H3/t14?,15-,16?,18?,20?,21?,25?/m0/s1. The molecular formula is C25H33NO3. The molecule has 3 saturated carbocycles. The van der Waals surface area contributed by atoms with Crippen molar-refractivity contribution in [1.29, 1.82) is 0 Å². The summed E-state index contributed by atoms with van der Waals surface area (Å²) < 4.78 is 6.04. The van der Waals surface area contributed by atoms with E-state index in [2.05, 4.69) is 36.9 Å². The number of benzene rings is 1. The van der Waals surface area contributed by atoms with Gasteiger partial charge in [-0.1, -0.05) is 26.0 Å². The molecular weight excluding hydrogens is 362 g/mol. The quantitative estimate of drug-likeness (QED) is 0.831. The molecule has 0 spiro atoms. The van der Waals surface area contributed by atoms with Crippen LogP contribution in [0.1, 0.15) is 81.8 Å². The number of carbonyl (C=O) groups excluding carboxylic acids is 1. The van der Waals surface area contributed by atoms with E-state index in [0.29, 0.717) is 36.7 Å². The lowest BCUT2D eigenvalue weighted by Crippen LogP contribution is -2.70. The average Bonchev–Trinajstić information content (AvgIpc) is 3.43. The third-order valence-electron chi connectivity index (χ3n) is 8.96. The fourth-order valence-electron chi connectivity index (χ4n) is 7.29. The number of amides is 1. The minimum absolute atomic E-state index is 0.201. The van der Waals surface area contributed by atoms with Gasteiger partial charge in [-0.25, -0.2) is 0 Å². The zero-order chi connectivity index (χ0) is 19.9. The van der Waals surface area contributed by atoms with Crippen LogP contribution in [-0.4, -0.2) is 40.2 Å². The minimum atomic E-state index is -0.531. The summed E-state index contributed by atoms with van der Waals surface area (Å²) in [7, 11) is 0. The molecule has 1 N–H and O–H groups in total.